The predicted molar refractivity (Wildman–Crippen MR) is 68.2 cm³/mol. The number of nitrogens with zero attached hydrogens (tertiary/aromatic N) is 1. The van der Waals surface area contributed by atoms with Gasteiger partial charge in [-0.25, -0.2) is 9.89 Å². The van der Waals surface area contributed by atoms with Crippen LogP contribution in [0.15, 0.2) is 4.79 Å². The molecule has 1 aliphatic rings. The number of rotatable bonds is 4. The second kappa shape index (κ2) is 6.55. The smallest absolute Gasteiger partial charge is 0.340 e. The molecule has 1 fully saturated rings. The molecule has 0 aromatic carbocycles. The van der Waals surface area contributed by atoms with Crippen LogP contribution < -0.4 is 16.7 Å². The molecule has 2 rings (SSSR count). The Morgan fingerprint density at radius 3 is 2.89 bits per heavy atom. The van der Waals surface area contributed by atoms with Gasteiger partial charge < -0.3 is 11.1 Å². The fourth-order valence-corrected chi connectivity index (χ4v) is 2.35. The Bertz CT molecular complexity index is 443. The van der Waals surface area contributed by atoms with Gasteiger partial charge in [0.05, 0.1) is 6.54 Å². The standard InChI is InChI=1S/C10H17N5O2.ClH/c11-4-6-2-1-3-7(6)9(16)12-5-8-13-10(17)15-14-8;/h6-7H,1-5,11H2,(H,12,16)(H2,13,14,15,17);1H/t6-,7-;/m1./s1. The predicted octanol–water partition coefficient (Wildman–Crippen LogP) is -0.489. The zero-order chi connectivity index (χ0) is 12.3. The molecule has 1 aliphatic carbocycles. The number of nitrogens with two attached hydrogens (primary N) is 1. The largest absolute Gasteiger partial charge is 0.349 e. The second-order valence-corrected chi connectivity index (χ2v) is 4.38. The first kappa shape index (κ1) is 14.7. The number of carbonyl (C=O) groups is 1. The summed E-state index contributed by atoms with van der Waals surface area (Å²) in [6.45, 7) is 0.794. The molecular weight excluding hydrogens is 258 g/mol. The lowest BCUT2D eigenvalue weighted by Crippen LogP contribution is -2.35. The van der Waals surface area contributed by atoms with Crippen molar-refractivity contribution in [3.05, 3.63) is 16.3 Å². The van der Waals surface area contributed by atoms with Crippen LogP contribution in [-0.2, 0) is 11.3 Å². The Kier molecular flexibility index (Phi) is 5.36. The summed E-state index contributed by atoms with van der Waals surface area (Å²) in [6.07, 6.45) is 2.97. The van der Waals surface area contributed by atoms with Crippen molar-refractivity contribution in [1.29, 1.82) is 0 Å². The Balaban J connectivity index is 0.00000162. The van der Waals surface area contributed by atoms with Crippen molar-refractivity contribution in [2.75, 3.05) is 6.54 Å². The Morgan fingerprint density at radius 1 is 1.50 bits per heavy atom. The molecular formula is C10H18ClN5O2. The zero-order valence-electron chi connectivity index (χ0n) is 9.94. The van der Waals surface area contributed by atoms with Crippen molar-refractivity contribution < 1.29 is 4.79 Å². The highest BCUT2D eigenvalue weighted by atomic mass is 35.5. The fraction of sp³-hybridized carbons (Fsp3) is 0.700. The molecule has 0 aliphatic heterocycles. The van der Waals surface area contributed by atoms with Crippen LogP contribution in [0.5, 0.6) is 0 Å². The van der Waals surface area contributed by atoms with Gasteiger partial charge in [-0.2, -0.15) is 5.10 Å². The van der Waals surface area contributed by atoms with E-state index >= 15 is 0 Å². The van der Waals surface area contributed by atoms with Gasteiger partial charge in [0.2, 0.25) is 5.91 Å². The van der Waals surface area contributed by atoms with Gasteiger partial charge >= 0.3 is 5.69 Å². The van der Waals surface area contributed by atoms with Gasteiger partial charge in [0.1, 0.15) is 5.82 Å². The number of aromatic nitrogens is 3. The maximum Gasteiger partial charge on any atom is 0.340 e. The molecule has 1 amide bonds. The van der Waals surface area contributed by atoms with Gasteiger partial charge in [-0.15, -0.1) is 12.4 Å². The second-order valence-electron chi connectivity index (χ2n) is 4.38. The van der Waals surface area contributed by atoms with E-state index in [4.69, 9.17) is 5.73 Å². The summed E-state index contributed by atoms with van der Waals surface area (Å²) in [4.78, 5) is 25.2. The lowest BCUT2D eigenvalue weighted by Gasteiger charge is -2.16. The molecule has 8 heteroatoms. The molecule has 5 N–H and O–H groups in total. The van der Waals surface area contributed by atoms with Gasteiger partial charge in [-0.3, -0.25) is 9.78 Å². The average Bonchev–Trinajstić information content (AvgIpc) is 2.94. The Labute approximate surface area is 110 Å². The SMILES string of the molecule is Cl.NC[C@H]1CCC[C@H]1C(=O)NCc1n[nH]c(=O)[nH]1. The van der Waals surface area contributed by atoms with E-state index in [1.807, 2.05) is 0 Å². The third-order valence-electron chi connectivity index (χ3n) is 3.28. The Hall–Kier alpha value is -1.34. The van der Waals surface area contributed by atoms with E-state index in [1.165, 1.54) is 0 Å². The molecule has 0 saturated heterocycles. The number of halogens is 1. The highest BCUT2D eigenvalue weighted by Gasteiger charge is 2.31. The molecule has 1 aromatic heterocycles. The van der Waals surface area contributed by atoms with Crippen molar-refractivity contribution in [3.8, 4) is 0 Å². The highest BCUT2D eigenvalue weighted by Crippen LogP contribution is 2.30. The minimum absolute atomic E-state index is 0. The summed E-state index contributed by atoms with van der Waals surface area (Å²) in [5, 5.41) is 8.74. The monoisotopic (exact) mass is 275 g/mol. The maximum absolute atomic E-state index is 11.9. The first-order valence-electron chi connectivity index (χ1n) is 5.82. The lowest BCUT2D eigenvalue weighted by atomic mass is 9.95. The van der Waals surface area contributed by atoms with Gasteiger partial charge in [-0.05, 0) is 25.3 Å². The molecule has 0 spiro atoms. The summed E-state index contributed by atoms with van der Waals surface area (Å²) < 4.78 is 0. The number of aromatic amines is 2. The topological polar surface area (TPSA) is 117 Å². The van der Waals surface area contributed by atoms with E-state index < -0.39 is 0 Å². The molecule has 18 heavy (non-hydrogen) atoms. The molecule has 1 heterocycles. The fourth-order valence-electron chi connectivity index (χ4n) is 2.35. The highest BCUT2D eigenvalue weighted by molar-refractivity contribution is 5.85. The van der Waals surface area contributed by atoms with Crippen LogP contribution in [0.3, 0.4) is 0 Å². The van der Waals surface area contributed by atoms with Gasteiger partial charge in [0, 0.05) is 5.92 Å². The summed E-state index contributed by atoms with van der Waals surface area (Å²) in [6, 6.07) is 0. The van der Waals surface area contributed by atoms with E-state index in [0.29, 0.717) is 12.4 Å². The van der Waals surface area contributed by atoms with Crippen molar-refractivity contribution in [2.24, 2.45) is 17.6 Å². The lowest BCUT2D eigenvalue weighted by molar-refractivity contribution is -0.126. The van der Waals surface area contributed by atoms with Crippen LogP contribution in [0.4, 0.5) is 0 Å². The van der Waals surface area contributed by atoms with Crippen LogP contribution in [0, 0.1) is 11.8 Å². The molecule has 102 valence electrons. The maximum atomic E-state index is 11.9. The van der Waals surface area contributed by atoms with Crippen molar-refractivity contribution in [1.82, 2.24) is 20.5 Å². The minimum atomic E-state index is -0.366. The van der Waals surface area contributed by atoms with E-state index in [2.05, 4.69) is 20.5 Å². The van der Waals surface area contributed by atoms with Gasteiger partial charge in [0.15, 0.2) is 0 Å². The number of H-pyrrole nitrogens is 2. The molecule has 1 saturated carbocycles. The molecule has 0 radical (unpaired) electrons. The quantitative estimate of drug-likeness (QED) is 0.593. The first-order valence-corrected chi connectivity index (χ1v) is 5.82. The minimum Gasteiger partial charge on any atom is -0.349 e. The van der Waals surface area contributed by atoms with Crippen molar-refractivity contribution in [3.63, 3.8) is 0 Å². The van der Waals surface area contributed by atoms with Gasteiger partial charge in [-0.1, -0.05) is 6.42 Å². The number of hydrogen-bond acceptors (Lipinski definition) is 4. The third-order valence-corrected chi connectivity index (χ3v) is 3.28. The van der Waals surface area contributed by atoms with Crippen LogP contribution >= 0.6 is 12.4 Å². The van der Waals surface area contributed by atoms with E-state index in [1.54, 1.807) is 0 Å². The average molecular weight is 276 g/mol. The van der Waals surface area contributed by atoms with Gasteiger partial charge in [0.25, 0.3) is 0 Å². The number of nitrogens with one attached hydrogen (secondary N) is 3. The summed E-state index contributed by atoms with van der Waals surface area (Å²) >= 11 is 0. The first-order chi connectivity index (χ1) is 8.20. The van der Waals surface area contributed by atoms with E-state index in [-0.39, 0.29) is 42.4 Å². The number of hydrogen-bond donors (Lipinski definition) is 4. The number of carbonyl (C=O) groups excluding carboxylic acids is 1. The molecule has 0 unspecified atom stereocenters. The van der Waals surface area contributed by atoms with Crippen LogP contribution in [0.1, 0.15) is 25.1 Å². The van der Waals surface area contributed by atoms with Crippen LogP contribution in [0.25, 0.3) is 0 Å². The van der Waals surface area contributed by atoms with Crippen LogP contribution in [-0.4, -0.2) is 27.6 Å². The molecule has 7 nitrogen and oxygen atoms in total. The Morgan fingerprint density at radius 2 is 2.28 bits per heavy atom. The molecule has 1 aromatic rings. The summed E-state index contributed by atoms with van der Waals surface area (Å²) in [5.74, 6) is 0.728. The summed E-state index contributed by atoms with van der Waals surface area (Å²) in [5.41, 5.74) is 5.26. The van der Waals surface area contributed by atoms with Crippen molar-refractivity contribution in [2.45, 2.75) is 25.8 Å². The van der Waals surface area contributed by atoms with Crippen molar-refractivity contribution >= 4 is 18.3 Å². The zero-order valence-corrected chi connectivity index (χ0v) is 10.8. The van der Waals surface area contributed by atoms with Crippen LogP contribution in [0.2, 0.25) is 0 Å². The summed E-state index contributed by atoms with van der Waals surface area (Å²) in [7, 11) is 0. The number of amides is 1. The third kappa shape index (κ3) is 3.33. The molecule has 2 atom stereocenters. The van der Waals surface area contributed by atoms with E-state index in [9.17, 15) is 9.59 Å². The molecule has 0 bridgehead atoms. The van der Waals surface area contributed by atoms with E-state index in [0.717, 1.165) is 19.3 Å². The normalized spacial score (nSPS) is 22.5.